The second kappa shape index (κ2) is 11.0. The second-order valence-corrected chi connectivity index (χ2v) is 4.94. The Morgan fingerprint density at radius 1 is 1.10 bits per heavy atom. The zero-order chi connectivity index (χ0) is 15.3. The van der Waals surface area contributed by atoms with Crippen molar-refractivity contribution in [3.63, 3.8) is 0 Å². The van der Waals surface area contributed by atoms with Crippen molar-refractivity contribution < 1.29 is 14.6 Å². The van der Waals surface area contributed by atoms with Crippen LogP contribution in [0.1, 0.15) is 51.0 Å². The molecule has 0 radical (unpaired) electrons. The summed E-state index contributed by atoms with van der Waals surface area (Å²) in [6, 6.07) is 5.57. The van der Waals surface area contributed by atoms with E-state index in [2.05, 4.69) is 18.8 Å². The lowest BCUT2D eigenvalue weighted by Crippen LogP contribution is -1.99. The number of methoxy groups -OCH3 is 1. The zero-order valence-corrected chi connectivity index (χ0v) is 13.2. The first-order chi connectivity index (χ1) is 10.3. The van der Waals surface area contributed by atoms with Gasteiger partial charge >= 0.3 is 0 Å². The topological polar surface area (TPSA) is 38.7 Å². The Bertz CT molecular complexity index is 457. The SMILES string of the molecule is CCCCCCCCOc1ccc(OC)cc1C#CCO. The van der Waals surface area contributed by atoms with Crippen molar-refractivity contribution in [1.29, 1.82) is 0 Å². The molecule has 0 saturated heterocycles. The van der Waals surface area contributed by atoms with Crippen molar-refractivity contribution >= 4 is 0 Å². The normalized spacial score (nSPS) is 9.86. The third kappa shape index (κ3) is 7.06. The number of benzene rings is 1. The molecule has 3 heteroatoms. The molecule has 116 valence electrons. The molecule has 0 aromatic heterocycles. The predicted octanol–water partition coefficient (Wildman–Crippen LogP) is 3.78. The summed E-state index contributed by atoms with van der Waals surface area (Å²) in [5.41, 5.74) is 0.759. The molecule has 0 unspecified atom stereocenters. The summed E-state index contributed by atoms with van der Waals surface area (Å²) in [6.45, 7) is 2.77. The molecule has 1 aromatic carbocycles. The molecule has 0 saturated carbocycles. The van der Waals surface area contributed by atoms with Crippen molar-refractivity contribution in [3.05, 3.63) is 23.8 Å². The van der Waals surface area contributed by atoms with Crippen LogP contribution >= 0.6 is 0 Å². The lowest BCUT2D eigenvalue weighted by atomic mass is 10.1. The van der Waals surface area contributed by atoms with Gasteiger partial charge in [0, 0.05) is 0 Å². The van der Waals surface area contributed by atoms with E-state index >= 15 is 0 Å². The van der Waals surface area contributed by atoms with E-state index in [9.17, 15) is 0 Å². The molecule has 1 aromatic rings. The van der Waals surface area contributed by atoms with Crippen molar-refractivity contribution in [3.8, 4) is 23.3 Å². The minimum atomic E-state index is -0.159. The summed E-state index contributed by atoms with van der Waals surface area (Å²) in [4.78, 5) is 0. The second-order valence-electron chi connectivity index (χ2n) is 4.94. The molecule has 0 bridgehead atoms. The fourth-order valence-electron chi connectivity index (χ4n) is 2.06. The highest BCUT2D eigenvalue weighted by molar-refractivity contribution is 5.50. The van der Waals surface area contributed by atoms with Gasteiger partial charge < -0.3 is 14.6 Å². The zero-order valence-electron chi connectivity index (χ0n) is 13.2. The highest BCUT2D eigenvalue weighted by atomic mass is 16.5. The summed E-state index contributed by atoms with van der Waals surface area (Å²) in [6.07, 6.45) is 7.44. The molecular weight excluding hydrogens is 264 g/mol. The number of ether oxygens (including phenoxy) is 2. The third-order valence-electron chi connectivity index (χ3n) is 3.24. The molecule has 21 heavy (non-hydrogen) atoms. The van der Waals surface area contributed by atoms with Gasteiger partial charge in [0.1, 0.15) is 18.1 Å². The Kier molecular flexibility index (Phi) is 9.15. The van der Waals surface area contributed by atoms with E-state index in [1.54, 1.807) is 7.11 Å². The number of rotatable bonds is 9. The fourth-order valence-corrected chi connectivity index (χ4v) is 2.06. The van der Waals surface area contributed by atoms with Gasteiger partial charge in [-0.15, -0.1) is 0 Å². The molecule has 0 aliphatic rings. The molecule has 0 fully saturated rings. The Morgan fingerprint density at radius 2 is 1.86 bits per heavy atom. The van der Waals surface area contributed by atoms with E-state index in [4.69, 9.17) is 14.6 Å². The Morgan fingerprint density at radius 3 is 2.57 bits per heavy atom. The quantitative estimate of drug-likeness (QED) is 0.555. The first-order valence-electron chi connectivity index (χ1n) is 7.72. The largest absolute Gasteiger partial charge is 0.497 e. The summed E-state index contributed by atoms with van der Waals surface area (Å²) >= 11 is 0. The number of unbranched alkanes of at least 4 members (excludes halogenated alkanes) is 5. The van der Waals surface area contributed by atoms with Gasteiger partial charge in [0.05, 0.1) is 19.3 Å². The Hall–Kier alpha value is -1.66. The van der Waals surface area contributed by atoms with Crippen molar-refractivity contribution in [2.24, 2.45) is 0 Å². The van der Waals surface area contributed by atoms with Gasteiger partial charge in [0.2, 0.25) is 0 Å². The van der Waals surface area contributed by atoms with Crippen molar-refractivity contribution in [2.75, 3.05) is 20.3 Å². The lowest BCUT2D eigenvalue weighted by molar-refractivity contribution is 0.303. The van der Waals surface area contributed by atoms with Crippen LogP contribution in [0.15, 0.2) is 18.2 Å². The smallest absolute Gasteiger partial charge is 0.135 e. The molecule has 0 aliphatic carbocycles. The Labute approximate surface area is 128 Å². The van der Waals surface area contributed by atoms with Gasteiger partial charge in [-0.1, -0.05) is 50.9 Å². The van der Waals surface area contributed by atoms with E-state index < -0.39 is 0 Å². The van der Waals surface area contributed by atoms with Gasteiger partial charge in [-0.05, 0) is 24.6 Å². The minimum absolute atomic E-state index is 0.159. The van der Waals surface area contributed by atoms with Crippen LogP contribution in [0.5, 0.6) is 11.5 Å². The summed E-state index contributed by atoms with van der Waals surface area (Å²) in [5, 5.41) is 8.82. The van der Waals surface area contributed by atoms with Crippen LogP contribution in [0, 0.1) is 11.8 Å². The number of aliphatic hydroxyl groups is 1. The average molecular weight is 290 g/mol. The van der Waals surface area contributed by atoms with Crippen LogP contribution in [0.25, 0.3) is 0 Å². The first-order valence-corrected chi connectivity index (χ1v) is 7.72. The van der Waals surface area contributed by atoms with Gasteiger partial charge in [-0.25, -0.2) is 0 Å². The minimum Gasteiger partial charge on any atom is -0.497 e. The van der Waals surface area contributed by atoms with Crippen LogP contribution in [-0.4, -0.2) is 25.4 Å². The van der Waals surface area contributed by atoms with Crippen LogP contribution in [0.3, 0.4) is 0 Å². The summed E-state index contributed by atoms with van der Waals surface area (Å²) in [5.74, 6) is 7.05. The molecule has 0 amide bonds. The summed E-state index contributed by atoms with van der Waals surface area (Å²) in [7, 11) is 1.62. The van der Waals surface area contributed by atoms with E-state index in [-0.39, 0.29) is 6.61 Å². The predicted molar refractivity (Wildman–Crippen MR) is 85.8 cm³/mol. The average Bonchev–Trinajstić information content (AvgIpc) is 2.52. The maximum Gasteiger partial charge on any atom is 0.135 e. The van der Waals surface area contributed by atoms with Crippen molar-refractivity contribution in [2.45, 2.75) is 45.4 Å². The molecule has 1 N–H and O–H groups in total. The van der Waals surface area contributed by atoms with E-state index in [0.717, 1.165) is 23.5 Å². The van der Waals surface area contributed by atoms with Crippen LogP contribution < -0.4 is 9.47 Å². The molecular formula is C18H26O3. The molecule has 0 aliphatic heterocycles. The standard InChI is InChI=1S/C18H26O3/c1-3-4-5-6-7-8-14-21-18-12-11-17(20-2)15-16(18)10-9-13-19/h11-12,15,19H,3-8,13-14H2,1-2H3. The van der Waals surface area contributed by atoms with Gasteiger partial charge in [-0.2, -0.15) is 0 Å². The van der Waals surface area contributed by atoms with Crippen LogP contribution in [0.2, 0.25) is 0 Å². The highest BCUT2D eigenvalue weighted by Gasteiger charge is 2.03. The molecule has 0 spiro atoms. The third-order valence-corrected chi connectivity index (χ3v) is 3.24. The monoisotopic (exact) mass is 290 g/mol. The van der Waals surface area contributed by atoms with Gasteiger partial charge in [0.15, 0.2) is 0 Å². The molecule has 1 rings (SSSR count). The van der Waals surface area contributed by atoms with E-state index in [1.807, 2.05) is 18.2 Å². The van der Waals surface area contributed by atoms with Crippen LogP contribution in [-0.2, 0) is 0 Å². The Balaban J connectivity index is 2.46. The fraction of sp³-hybridized carbons (Fsp3) is 0.556. The highest BCUT2D eigenvalue weighted by Crippen LogP contribution is 2.23. The van der Waals surface area contributed by atoms with Crippen LogP contribution in [0.4, 0.5) is 0 Å². The summed E-state index contributed by atoms with van der Waals surface area (Å²) < 4.78 is 11.0. The van der Waals surface area contributed by atoms with E-state index in [0.29, 0.717) is 6.61 Å². The number of hydrogen-bond acceptors (Lipinski definition) is 3. The van der Waals surface area contributed by atoms with E-state index in [1.165, 1.54) is 32.1 Å². The maximum absolute atomic E-state index is 8.82. The van der Waals surface area contributed by atoms with Gasteiger partial charge in [-0.3, -0.25) is 0 Å². The molecule has 0 atom stereocenters. The first kappa shape index (κ1) is 17.4. The van der Waals surface area contributed by atoms with Gasteiger partial charge in [0.25, 0.3) is 0 Å². The van der Waals surface area contributed by atoms with Crippen molar-refractivity contribution in [1.82, 2.24) is 0 Å². The molecule has 3 nitrogen and oxygen atoms in total. The molecule has 0 heterocycles. The number of aliphatic hydroxyl groups excluding tert-OH is 1. The number of hydrogen-bond donors (Lipinski definition) is 1. The maximum atomic E-state index is 8.82. The lowest BCUT2D eigenvalue weighted by Gasteiger charge is -2.09.